The average molecular weight is 277 g/mol. The lowest BCUT2D eigenvalue weighted by Crippen LogP contribution is -2.21. The number of imidazole rings is 2. The zero-order valence-corrected chi connectivity index (χ0v) is 12.9. The fourth-order valence-electron chi connectivity index (χ4n) is 3.17. The van der Waals surface area contributed by atoms with Crippen molar-refractivity contribution in [2.45, 2.75) is 33.2 Å². The quantitative estimate of drug-likeness (QED) is 0.463. The Kier molecular flexibility index (Phi) is 2.30. The maximum Gasteiger partial charge on any atom is 0.216 e. The van der Waals surface area contributed by atoms with Gasteiger partial charge in [-0.05, 0) is 57.5 Å². The number of hydrogen-bond donors (Lipinski definition) is 0. The van der Waals surface area contributed by atoms with Crippen molar-refractivity contribution < 1.29 is 0 Å². The average Bonchev–Trinajstić information content (AvgIpc) is 2.91. The van der Waals surface area contributed by atoms with E-state index >= 15 is 0 Å². The van der Waals surface area contributed by atoms with Crippen LogP contribution in [0.1, 0.15) is 26.3 Å². The van der Waals surface area contributed by atoms with Crippen molar-refractivity contribution in [1.82, 2.24) is 14.0 Å². The number of rotatable bonds is 0. The van der Waals surface area contributed by atoms with Crippen molar-refractivity contribution in [1.29, 1.82) is 0 Å². The molecule has 0 radical (unpaired) electrons. The number of fused-ring (bicyclic) bond motifs is 5. The number of hydrogen-bond acceptors (Lipinski definition) is 1. The molecule has 106 valence electrons. The summed E-state index contributed by atoms with van der Waals surface area (Å²) in [5.41, 5.74) is 5.94. The van der Waals surface area contributed by atoms with Crippen LogP contribution in [0.5, 0.6) is 0 Å². The summed E-state index contributed by atoms with van der Waals surface area (Å²) in [5, 5.41) is 0. The van der Waals surface area contributed by atoms with E-state index in [2.05, 4.69) is 79.1 Å². The molecule has 0 N–H and O–H groups in total. The van der Waals surface area contributed by atoms with Crippen molar-refractivity contribution in [3.8, 4) is 0 Å². The Labute approximate surface area is 123 Å². The third kappa shape index (κ3) is 1.63. The molecule has 0 aliphatic carbocycles. The van der Waals surface area contributed by atoms with Gasteiger partial charge in [-0.2, -0.15) is 0 Å². The molecule has 0 unspecified atom stereocenters. The van der Waals surface area contributed by atoms with Gasteiger partial charge >= 0.3 is 0 Å². The van der Waals surface area contributed by atoms with Gasteiger partial charge in [-0.3, -0.25) is 4.40 Å². The van der Waals surface area contributed by atoms with Crippen molar-refractivity contribution in [2.24, 2.45) is 0 Å². The van der Waals surface area contributed by atoms with Gasteiger partial charge in [0.25, 0.3) is 0 Å². The second-order valence-electron chi connectivity index (χ2n) is 6.73. The molecule has 2 aromatic heterocycles. The Balaban J connectivity index is 2.32. The Morgan fingerprint density at radius 3 is 2.33 bits per heavy atom. The maximum absolute atomic E-state index is 4.89. The largest absolute Gasteiger partial charge is 0.304 e. The van der Waals surface area contributed by atoms with Gasteiger partial charge in [0.15, 0.2) is 0 Å². The summed E-state index contributed by atoms with van der Waals surface area (Å²) in [7, 11) is 0. The van der Waals surface area contributed by atoms with Gasteiger partial charge in [0.1, 0.15) is 0 Å². The van der Waals surface area contributed by atoms with E-state index < -0.39 is 0 Å². The fourth-order valence-corrected chi connectivity index (χ4v) is 3.17. The summed E-state index contributed by atoms with van der Waals surface area (Å²) in [6.45, 7) is 8.81. The molecule has 0 saturated carbocycles. The van der Waals surface area contributed by atoms with Crippen LogP contribution in [0.3, 0.4) is 0 Å². The van der Waals surface area contributed by atoms with Crippen molar-refractivity contribution in [3.05, 3.63) is 48.0 Å². The number of para-hydroxylation sites is 2. The first-order chi connectivity index (χ1) is 9.97. The van der Waals surface area contributed by atoms with Gasteiger partial charge in [0.05, 0.1) is 22.1 Å². The Morgan fingerprint density at radius 1 is 0.905 bits per heavy atom. The highest BCUT2D eigenvalue weighted by atomic mass is 15.2. The minimum Gasteiger partial charge on any atom is -0.304 e. The van der Waals surface area contributed by atoms with Crippen LogP contribution in [0.4, 0.5) is 0 Å². The van der Waals surface area contributed by atoms with Crippen LogP contribution in [0, 0.1) is 6.92 Å². The van der Waals surface area contributed by atoms with Crippen LogP contribution in [-0.2, 0) is 5.54 Å². The predicted octanol–water partition coefficient (Wildman–Crippen LogP) is 4.51. The van der Waals surface area contributed by atoms with E-state index in [1.807, 2.05) is 0 Å². The van der Waals surface area contributed by atoms with Gasteiger partial charge in [-0.25, -0.2) is 4.98 Å². The fraction of sp³-hybridized carbons (Fsp3) is 0.278. The van der Waals surface area contributed by atoms with Gasteiger partial charge in [-0.1, -0.05) is 18.2 Å². The van der Waals surface area contributed by atoms with Gasteiger partial charge in [-0.15, -0.1) is 0 Å². The van der Waals surface area contributed by atoms with E-state index in [1.165, 1.54) is 22.1 Å². The lowest BCUT2D eigenvalue weighted by Gasteiger charge is -2.22. The Morgan fingerprint density at radius 2 is 1.62 bits per heavy atom. The van der Waals surface area contributed by atoms with E-state index in [0.717, 1.165) is 11.3 Å². The van der Waals surface area contributed by atoms with Crippen LogP contribution >= 0.6 is 0 Å². The molecule has 3 heteroatoms. The van der Waals surface area contributed by atoms with Crippen molar-refractivity contribution in [2.75, 3.05) is 0 Å². The second kappa shape index (κ2) is 3.88. The minimum absolute atomic E-state index is 0.0131. The van der Waals surface area contributed by atoms with E-state index in [1.54, 1.807) is 0 Å². The zero-order valence-electron chi connectivity index (χ0n) is 12.9. The predicted molar refractivity (Wildman–Crippen MR) is 87.9 cm³/mol. The van der Waals surface area contributed by atoms with Crippen LogP contribution < -0.4 is 0 Å². The number of benzene rings is 2. The van der Waals surface area contributed by atoms with Gasteiger partial charge in [0, 0.05) is 5.54 Å². The topological polar surface area (TPSA) is 22.2 Å². The smallest absolute Gasteiger partial charge is 0.216 e. The molecule has 4 rings (SSSR count). The number of aromatic nitrogens is 3. The van der Waals surface area contributed by atoms with Crippen LogP contribution in [-0.4, -0.2) is 14.0 Å². The molecule has 0 fully saturated rings. The molecule has 0 atom stereocenters. The lowest BCUT2D eigenvalue weighted by atomic mass is 10.1. The molecular formula is C18H19N3. The van der Waals surface area contributed by atoms with E-state index in [-0.39, 0.29) is 5.54 Å². The molecule has 0 spiro atoms. The van der Waals surface area contributed by atoms with Crippen LogP contribution in [0.25, 0.3) is 27.8 Å². The maximum atomic E-state index is 4.89. The summed E-state index contributed by atoms with van der Waals surface area (Å²) < 4.78 is 4.61. The molecule has 3 nitrogen and oxygen atoms in total. The SMILES string of the molecule is Cc1ccc2nc3n(C(C)(C)C)c4ccccc4n3c2c1. The third-order valence-corrected chi connectivity index (χ3v) is 4.03. The first kappa shape index (κ1) is 12.5. The number of aryl methyl sites for hydroxylation is 1. The van der Waals surface area contributed by atoms with Crippen LogP contribution in [0.15, 0.2) is 42.5 Å². The van der Waals surface area contributed by atoms with Crippen LogP contribution in [0.2, 0.25) is 0 Å². The highest BCUT2D eigenvalue weighted by Gasteiger charge is 2.23. The van der Waals surface area contributed by atoms with Gasteiger partial charge in [0.2, 0.25) is 5.78 Å². The van der Waals surface area contributed by atoms with Crippen molar-refractivity contribution >= 4 is 27.8 Å². The normalized spacial score (nSPS) is 12.8. The zero-order chi connectivity index (χ0) is 14.8. The minimum atomic E-state index is -0.0131. The molecule has 21 heavy (non-hydrogen) atoms. The highest BCUT2D eigenvalue weighted by molar-refractivity contribution is 5.91. The standard InChI is InChI=1S/C18H19N3/c1-12-9-10-13-16(11-12)20-14-7-5-6-8-15(14)21(17(20)19-13)18(2,3)4/h5-11H,1-4H3. The summed E-state index contributed by atoms with van der Waals surface area (Å²) in [6, 6.07) is 15.0. The first-order valence-electron chi connectivity index (χ1n) is 7.35. The molecule has 2 heterocycles. The van der Waals surface area contributed by atoms with E-state index in [0.29, 0.717) is 0 Å². The molecule has 4 aromatic rings. The molecule has 2 aromatic carbocycles. The molecule has 0 saturated heterocycles. The molecule has 0 bridgehead atoms. The summed E-state index contributed by atoms with van der Waals surface area (Å²) in [4.78, 5) is 4.89. The molecular weight excluding hydrogens is 258 g/mol. The van der Waals surface area contributed by atoms with Gasteiger partial charge < -0.3 is 4.57 Å². The Bertz CT molecular complexity index is 980. The summed E-state index contributed by atoms with van der Waals surface area (Å²) >= 11 is 0. The van der Waals surface area contributed by atoms with Crippen molar-refractivity contribution in [3.63, 3.8) is 0 Å². The summed E-state index contributed by atoms with van der Waals surface area (Å²) in [5.74, 6) is 1.02. The second-order valence-corrected chi connectivity index (χ2v) is 6.73. The monoisotopic (exact) mass is 277 g/mol. The first-order valence-corrected chi connectivity index (χ1v) is 7.35. The molecule has 0 aliphatic rings. The summed E-state index contributed by atoms with van der Waals surface area (Å²) in [6.07, 6.45) is 0. The molecule has 0 aliphatic heterocycles. The van der Waals surface area contributed by atoms with E-state index in [4.69, 9.17) is 4.98 Å². The van der Waals surface area contributed by atoms with E-state index in [9.17, 15) is 0 Å². The molecule has 0 amide bonds. The number of nitrogens with zero attached hydrogens (tertiary/aromatic N) is 3. The lowest BCUT2D eigenvalue weighted by molar-refractivity contribution is 0.419. The highest BCUT2D eigenvalue weighted by Crippen LogP contribution is 2.31. The third-order valence-electron chi connectivity index (χ3n) is 4.03. The Hall–Kier alpha value is -2.29.